The molecule has 4 rings (SSSR count). The van der Waals surface area contributed by atoms with Crippen LogP contribution in [0.5, 0.6) is 11.5 Å². The van der Waals surface area contributed by atoms with Crippen molar-refractivity contribution < 1.29 is 9.47 Å². The van der Waals surface area contributed by atoms with E-state index in [0.717, 1.165) is 22.6 Å². The highest BCUT2D eigenvalue weighted by Crippen LogP contribution is 2.51. The smallest absolute Gasteiger partial charge is 0.130 e. The van der Waals surface area contributed by atoms with Crippen molar-refractivity contribution in [2.75, 3.05) is 24.0 Å². The van der Waals surface area contributed by atoms with Gasteiger partial charge in [0.05, 0.1) is 42.5 Å². The van der Waals surface area contributed by atoms with Crippen LogP contribution in [0.4, 0.5) is 22.7 Å². The number of rotatable bonds is 5. The van der Waals surface area contributed by atoms with Crippen LogP contribution in [-0.2, 0) is 0 Å². The largest absolute Gasteiger partial charge is 0.496 e. The van der Waals surface area contributed by atoms with Gasteiger partial charge in [0.2, 0.25) is 0 Å². The molecule has 30 heavy (non-hydrogen) atoms. The van der Waals surface area contributed by atoms with E-state index in [1.807, 2.05) is 18.2 Å². The highest BCUT2D eigenvalue weighted by atomic mass is 16.5. The molecule has 0 aliphatic carbocycles. The van der Waals surface area contributed by atoms with Crippen LogP contribution in [-0.4, -0.2) is 26.3 Å². The summed E-state index contributed by atoms with van der Waals surface area (Å²) in [5.74, 6) is 1.62. The van der Waals surface area contributed by atoms with Gasteiger partial charge >= 0.3 is 0 Å². The van der Waals surface area contributed by atoms with Crippen molar-refractivity contribution in [1.29, 1.82) is 0 Å². The molecule has 4 nitrogen and oxygen atoms in total. The molecule has 0 aromatic heterocycles. The second-order valence-electron chi connectivity index (χ2n) is 8.16. The fraction of sp³-hybridized carbons (Fsp3) is 0.308. The summed E-state index contributed by atoms with van der Waals surface area (Å²) in [5, 5.41) is 0. The van der Waals surface area contributed by atoms with Gasteiger partial charge in [0.15, 0.2) is 0 Å². The Labute approximate surface area is 179 Å². The van der Waals surface area contributed by atoms with Crippen molar-refractivity contribution in [3.63, 3.8) is 0 Å². The molecule has 0 amide bonds. The molecule has 0 unspecified atom stereocenters. The maximum atomic E-state index is 5.67. The van der Waals surface area contributed by atoms with Crippen LogP contribution in [0.1, 0.15) is 27.7 Å². The van der Waals surface area contributed by atoms with E-state index in [1.165, 1.54) is 22.7 Å². The third-order valence-electron chi connectivity index (χ3n) is 5.64. The minimum Gasteiger partial charge on any atom is -0.496 e. The van der Waals surface area contributed by atoms with Crippen molar-refractivity contribution in [2.45, 2.75) is 39.8 Å². The number of methoxy groups -OCH3 is 2. The zero-order chi connectivity index (χ0) is 21.4. The lowest BCUT2D eigenvalue weighted by Gasteiger charge is -2.44. The number of ether oxygens (including phenoxy) is 2. The SMILES string of the molecule is COc1cccc(OC)c1-c1ccc2c(c1)N(C(C)C)c1ccccc1N2C(C)C. The fourth-order valence-electron chi connectivity index (χ4n) is 4.46. The molecule has 0 spiro atoms. The lowest BCUT2D eigenvalue weighted by atomic mass is 9.97. The first kappa shape index (κ1) is 20.1. The zero-order valence-electron chi connectivity index (χ0n) is 18.6. The average molecular weight is 403 g/mol. The molecule has 1 heterocycles. The Balaban J connectivity index is 1.97. The second-order valence-corrected chi connectivity index (χ2v) is 8.16. The maximum absolute atomic E-state index is 5.67. The predicted molar refractivity (Wildman–Crippen MR) is 126 cm³/mol. The monoisotopic (exact) mass is 402 g/mol. The van der Waals surface area contributed by atoms with Gasteiger partial charge in [0.1, 0.15) is 11.5 Å². The van der Waals surface area contributed by atoms with E-state index < -0.39 is 0 Å². The third kappa shape index (κ3) is 3.17. The Morgan fingerprint density at radius 2 is 1.10 bits per heavy atom. The molecule has 0 radical (unpaired) electrons. The number of hydrogen-bond acceptors (Lipinski definition) is 4. The van der Waals surface area contributed by atoms with Crippen LogP contribution in [0.15, 0.2) is 60.7 Å². The number of para-hydroxylation sites is 2. The van der Waals surface area contributed by atoms with Gasteiger partial charge in [-0.05, 0) is 69.7 Å². The van der Waals surface area contributed by atoms with Gasteiger partial charge in [-0.25, -0.2) is 0 Å². The Hall–Kier alpha value is -3.14. The summed E-state index contributed by atoms with van der Waals surface area (Å²) < 4.78 is 11.3. The van der Waals surface area contributed by atoms with Crippen LogP contribution in [0.3, 0.4) is 0 Å². The summed E-state index contributed by atoms with van der Waals surface area (Å²) >= 11 is 0. The van der Waals surface area contributed by atoms with Crippen molar-refractivity contribution >= 4 is 22.7 Å². The summed E-state index contributed by atoms with van der Waals surface area (Å²) in [5.41, 5.74) is 6.95. The van der Waals surface area contributed by atoms with Gasteiger partial charge in [-0.3, -0.25) is 0 Å². The molecule has 0 saturated carbocycles. The average Bonchev–Trinajstić information content (AvgIpc) is 2.75. The first-order chi connectivity index (χ1) is 14.5. The van der Waals surface area contributed by atoms with Gasteiger partial charge in [-0.1, -0.05) is 24.3 Å². The molecule has 1 aliphatic heterocycles. The Kier molecular flexibility index (Phi) is 5.33. The van der Waals surface area contributed by atoms with Crippen molar-refractivity contribution in [1.82, 2.24) is 0 Å². The summed E-state index contributed by atoms with van der Waals surface area (Å²) in [6, 6.07) is 21.9. The fourth-order valence-corrected chi connectivity index (χ4v) is 4.46. The molecule has 156 valence electrons. The molecule has 3 aromatic carbocycles. The molecule has 3 aromatic rings. The standard InChI is InChI=1S/C26H30N2O2/c1-17(2)27-20-10-7-8-11-21(20)28(18(3)4)23-16-19(14-15-22(23)27)26-24(29-5)12-9-13-25(26)30-6/h7-18H,1-6H3. The third-order valence-corrected chi connectivity index (χ3v) is 5.64. The zero-order valence-corrected chi connectivity index (χ0v) is 18.6. The van der Waals surface area contributed by atoms with E-state index in [2.05, 4.69) is 80.0 Å². The Morgan fingerprint density at radius 1 is 0.600 bits per heavy atom. The van der Waals surface area contributed by atoms with Crippen LogP contribution < -0.4 is 19.3 Å². The van der Waals surface area contributed by atoms with Crippen molar-refractivity contribution in [2.24, 2.45) is 0 Å². The van der Waals surface area contributed by atoms with Gasteiger partial charge in [0, 0.05) is 12.1 Å². The Bertz CT molecular complexity index is 1040. The Morgan fingerprint density at radius 3 is 1.60 bits per heavy atom. The van der Waals surface area contributed by atoms with Crippen LogP contribution >= 0.6 is 0 Å². The molecule has 0 bridgehead atoms. The van der Waals surface area contributed by atoms with E-state index >= 15 is 0 Å². The van der Waals surface area contributed by atoms with E-state index in [0.29, 0.717) is 12.1 Å². The minimum absolute atomic E-state index is 0.314. The molecule has 0 saturated heterocycles. The molecule has 4 heteroatoms. The molecule has 0 N–H and O–H groups in total. The van der Waals surface area contributed by atoms with Crippen molar-refractivity contribution in [3.05, 3.63) is 60.7 Å². The maximum Gasteiger partial charge on any atom is 0.130 e. The first-order valence-corrected chi connectivity index (χ1v) is 10.5. The second kappa shape index (κ2) is 7.94. The molecule has 0 atom stereocenters. The molecular weight excluding hydrogens is 372 g/mol. The van der Waals surface area contributed by atoms with Gasteiger partial charge < -0.3 is 19.3 Å². The highest BCUT2D eigenvalue weighted by molar-refractivity contribution is 5.96. The van der Waals surface area contributed by atoms with Gasteiger partial charge in [-0.15, -0.1) is 0 Å². The summed E-state index contributed by atoms with van der Waals surface area (Å²) in [6.07, 6.45) is 0. The lowest BCUT2D eigenvalue weighted by molar-refractivity contribution is 0.397. The van der Waals surface area contributed by atoms with E-state index in [-0.39, 0.29) is 0 Å². The van der Waals surface area contributed by atoms with E-state index in [1.54, 1.807) is 14.2 Å². The van der Waals surface area contributed by atoms with Gasteiger partial charge in [0.25, 0.3) is 0 Å². The number of hydrogen-bond donors (Lipinski definition) is 0. The summed E-state index contributed by atoms with van der Waals surface area (Å²) in [6.45, 7) is 8.95. The van der Waals surface area contributed by atoms with Gasteiger partial charge in [-0.2, -0.15) is 0 Å². The normalized spacial score (nSPS) is 12.8. The van der Waals surface area contributed by atoms with E-state index in [4.69, 9.17) is 9.47 Å². The molecular formula is C26H30N2O2. The van der Waals surface area contributed by atoms with Crippen LogP contribution in [0.25, 0.3) is 11.1 Å². The molecule has 1 aliphatic rings. The van der Waals surface area contributed by atoms with Crippen LogP contribution in [0, 0.1) is 0 Å². The van der Waals surface area contributed by atoms with Crippen LogP contribution in [0.2, 0.25) is 0 Å². The summed E-state index contributed by atoms with van der Waals surface area (Å²) in [4.78, 5) is 4.85. The number of benzene rings is 3. The number of fused-ring (bicyclic) bond motifs is 2. The quantitative estimate of drug-likeness (QED) is 0.470. The van der Waals surface area contributed by atoms with E-state index in [9.17, 15) is 0 Å². The molecule has 0 fully saturated rings. The lowest BCUT2D eigenvalue weighted by Crippen LogP contribution is -2.36. The first-order valence-electron chi connectivity index (χ1n) is 10.5. The van der Waals surface area contributed by atoms with Crippen molar-refractivity contribution in [3.8, 4) is 22.6 Å². The minimum atomic E-state index is 0.314. The number of anilines is 4. The number of nitrogens with zero attached hydrogens (tertiary/aromatic N) is 2. The summed E-state index contributed by atoms with van der Waals surface area (Å²) in [7, 11) is 3.40. The predicted octanol–water partition coefficient (Wildman–Crippen LogP) is 6.78. The highest BCUT2D eigenvalue weighted by Gasteiger charge is 2.31. The topological polar surface area (TPSA) is 24.9 Å².